The van der Waals surface area contributed by atoms with E-state index >= 15 is 0 Å². The summed E-state index contributed by atoms with van der Waals surface area (Å²) in [5.41, 5.74) is 1.97. The standard InChI is InChI=1S/C15H16ClN3O/c1-3-19-15(17-11-18-19)10-20-14-7-6-13(5-4-8-16)9-12(14)2/h6-7,9,11H,3,8,10H2,1-2H3. The monoisotopic (exact) mass is 289 g/mol. The molecule has 2 aromatic rings. The van der Waals surface area contributed by atoms with Crippen molar-refractivity contribution in [2.24, 2.45) is 0 Å². The van der Waals surface area contributed by atoms with Gasteiger partial charge < -0.3 is 4.74 Å². The van der Waals surface area contributed by atoms with Gasteiger partial charge in [-0.1, -0.05) is 11.8 Å². The number of nitrogens with zero attached hydrogens (tertiary/aromatic N) is 3. The first kappa shape index (κ1) is 14.4. The number of rotatable bonds is 4. The van der Waals surface area contributed by atoms with Gasteiger partial charge in [-0.25, -0.2) is 9.67 Å². The Morgan fingerprint density at radius 2 is 2.25 bits per heavy atom. The zero-order chi connectivity index (χ0) is 14.4. The molecule has 0 atom stereocenters. The van der Waals surface area contributed by atoms with Crippen LogP contribution in [0.25, 0.3) is 0 Å². The Morgan fingerprint density at radius 3 is 2.95 bits per heavy atom. The SMILES string of the molecule is CCn1ncnc1COc1ccc(C#CCCl)cc1C. The van der Waals surface area contributed by atoms with Crippen molar-refractivity contribution in [1.29, 1.82) is 0 Å². The number of ether oxygens (including phenoxy) is 1. The summed E-state index contributed by atoms with van der Waals surface area (Å²) in [6.07, 6.45) is 1.54. The molecule has 0 bridgehead atoms. The Bertz CT molecular complexity index is 640. The van der Waals surface area contributed by atoms with Crippen LogP contribution in [-0.4, -0.2) is 20.6 Å². The molecule has 0 fully saturated rings. The van der Waals surface area contributed by atoms with E-state index < -0.39 is 0 Å². The molecule has 1 aromatic carbocycles. The van der Waals surface area contributed by atoms with E-state index in [9.17, 15) is 0 Å². The maximum Gasteiger partial charge on any atom is 0.164 e. The van der Waals surface area contributed by atoms with Crippen molar-refractivity contribution in [2.45, 2.75) is 27.0 Å². The molecule has 1 heterocycles. The lowest BCUT2D eigenvalue weighted by atomic mass is 10.1. The minimum atomic E-state index is 0.337. The van der Waals surface area contributed by atoms with Crippen LogP contribution in [0, 0.1) is 18.8 Å². The van der Waals surface area contributed by atoms with Crippen LogP contribution in [0.1, 0.15) is 23.9 Å². The van der Waals surface area contributed by atoms with Crippen LogP contribution in [-0.2, 0) is 13.2 Å². The van der Waals surface area contributed by atoms with E-state index in [1.54, 1.807) is 6.33 Å². The second-order valence-corrected chi connectivity index (χ2v) is 4.46. The molecule has 0 radical (unpaired) electrons. The largest absolute Gasteiger partial charge is 0.485 e. The normalized spacial score (nSPS) is 9.95. The number of hydrogen-bond donors (Lipinski definition) is 0. The molecule has 0 N–H and O–H groups in total. The molecule has 104 valence electrons. The van der Waals surface area contributed by atoms with Crippen LogP contribution >= 0.6 is 11.6 Å². The summed E-state index contributed by atoms with van der Waals surface area (Å²) < 4.78 is 7.60. The van der Waals surface area contributed by atoms with E-state index in [1.165, 1.54) is 0 Å². The van der Waals surface area contributed by atoms with Gasteiger partial charge in [0.05, 0.1) is 5.88 Å². The van der Waals surface area contributed by atoms with Gasteiger partial charge in [0.1, 0.15) is 18.7 Å². The summed E-state index contributed by atoms with van der Waals surface area (Å²) in [6, 6.07) is 5.83. The van der Waals surface area contributed by atoms with Gasteiger partial charge in [0.15, 0.2) is 5.82 Å². The van der Waals surface area contributed by atoms with Crippen LogP contribution in [0.5, 0.6) is 5.75 Å². The molecule has 20 heavy (non-hydrogen) atoms. The highest BCUT2D eigenvalue weighted by Crippen LogP contribution is 2.19. The molecule has 5 heteroatoms. The summed E-state index contributed by atoms with van der Waals surface area (Å²) in [6.45, 7) is 5.20. The van der Waals surface area contributed by atoms with Gasteiger partial charge in [0, 0.05) is 12.1 Å². The number of alkyl halides is 1. The Morgan fingerprint density at radius 1 is 1.40 bits per heavy atom. The maximum atomic E-state index is 5.79. The quantitative estimate of drug-likeness (QED) is 0.642. The first-order valence-corrected chi connectivity index (χ1v) is 6.93. The molecule has 4 nitrogen and oxygen atoms in total. The van der Waals surface area contributed by atoms with Crippen LogP contribution in [0.4, 0.5) is 0 Å². The van der Waals surface area contributed by atoms with Crippen molar-refractivity contribution in [2.75, 3.05) is 5.88 Å². The van der Waals surface area contributed by atoms with Crippen molar-refractivity contribution in [1.82, 2.24) is 14.8 Å². The zero-order valence-corrected chi connectivity index (χ0v) is 12.3. The van der Waals surface area contributed by atoms with E-state index in [4.69, 9.17) is 16.3 Å². The van der Waals surface area contributed by atoms with Crippen LogP contribution in [0.15, 0.2) is 24.5 Å². The summed E-state index contributed by atoms with van der Waals surface area (Å²) in [5, 5.41) is 4.11. The summed E-state index contributed by atoms with van der Waals surface area (Å²) >= 11 is 5.54. The number of benzene rings is 1. The highest BCUT2D eigenvalue weighted by molar-refractivity contribution is 6.19. The summed E-state index contributed by atoms with van der Waals surface area (Å²) in [7, 11) is 0. The molecule has 0 spiro atoms. The highest BCUT2D eigenvalue weighted by Gasteiger charge is 2.05. The first-order chi connectivity index (χ1) is 9.74. The lowest BCUT2D eigenvalue weighted by molar-refractivity contribution is 0.285. The van der Waals surface area contributed by atoms with E-state index in [1.807, 2.05) is 36.7 Å². The third kappa shape index (κ3) is 3.52. The van der Waals surface area contributed by atoms with E-state index in [0.29, 0.717) is 12.5 Å². The predicted molar refractivity (Wildman–Crippen MR) is 78.8 cm³/mol. The summed E-state index contributed by atoms with van der Waals surface area (Å²) in [4.78, 5) is 4.18. The van der Waals surface area contributed by atoms with Gasteiger partial charge in [-0.05, 0) is 37.6 Å². The molecular formula is C15H16ClN3O. The lowest BCUT2D eigenvalue weighted by Gasteiger charge is -2.09. The van der Waals surface area contributed by atoms with Gasteiger partial charge in [0.2, 0.25) is 0 Å². The molecular weight excluding hydrogens is 274 g/mol. The maximum absolute atomic E-state index is 5.79. The molecule has 0 aliphatic heterocycles. The van der Waals surface area contributed by atoms with Crippen molar-refractivity contribution in [3.05, 3.63) is 41.5 Å². The molecule has 0 saturated carbocycles. The summed E-state index contributed by atoms with van der Waals surface area (Å²) in [5.74, 6) is 7.80. The molecule has 0 aliphatic rings. The van der Waals surface area contributed by atoms with Crippen LogP contribution < -0.4 is 4.74 Å². The van der Waals surface area contributed by atoms with Gasteiger partial charge in [0.25, 0.3) is 0 Å². The average molecular weight is 290 g/mol. The van der Waals surface area contributed by atoms with Gasteiger partial charge in [-0.2, -0.15) is 5.10 Å². The first-order valence-electron chi connectivity index (χ1n) is 6.39. The molecule has 0 saturated heterocycles. The number of aryl methyl sites for hydroxylation is 2. The molecule has 0 amide bonds. The van der Waals surface area contributed by atoms with E-state index in [-0.39, 0.29) is 0 Å². The van der Waals surface area contributed by atoms with Gasteiger partial charge in [-0.15, -0.1) is 11.6 Å². The fraction of sp³-hybridized carbons (Fsp3) is 0.333. The Hall–Kier alpha value is -1.99. The second kappa shape index (κ2) is 6.97. The van der Waals surface area contributed by atoms with Crippen LogP contribution in [0.3, 0.4) is 0 Å². The molecule has 0 aliphatic carbocycles. The lowest BCUT2D eigenvalue weighted by Crippen LogP contribution is -2.07. The molecule has 1 aromatic heterocycles. The topological polar surface area (TPSA) is 39.9 Å². The molecule has 2 rings (SSSR count). The van der Waals surface area contributed by atoms with Crippen LogP contribution in [0.2, 0.25) is 0 Å². The fourth-order valence-corrected chi connectivity index (χ4v) is 1.90. The fourth-order valence-electron chi connectivity index (χ4n) is 1.83. The molecule has 0 unspecified atom stereocenters. The number of halogens is 1. The zero-order valence-electron chi connectivity index (χ0n) is 11.6. The second-order valence-electron chi connectivity index (χ2n) is 4.20. The smallest absolute Gasteiger partial charge is 0.164 e. The Kier molecular flexibility index (Phi) is 5.03. The average Bonchev–Trinajstić information content (AvgIpc) is 2.91. The highest BCUT2D eigenvalue weighted by atomic mass is 35.5. The van der Waals surface area contributed by atoms with Crippen molar-refractivity contribution >= 4 is 11.6 Å². The Balaban J connectivity index is 2.07. The third-order valence-electron chi connectivity index (χ3n) is 2.83. The van der Waals surface area contributed by atoms with Gasteiger partial charge >= 0.3 is 0 Å². The minimum absolute atomic E-state index is 0.337. The predicted octanol–water partition coefficient (Wildman–Crippen LogP) is 2.78. The Labute approximate surface area is 123 Å². The van der Waals surface area contributed by atoms with Crippen molar-refractivity contribution in [3.63, 3.8) is 0 Å². The third-order valence-corrected chi connectivity index (χ3v) is 2.96. The van der Waals surface area contributed by atoms with Crippen molar-refractivity contribution in [3.8, 4) is 17.6 Å². The van der Waals surface area contributed by atoms with E-state index in [2.05, 4.69) is 21.9 Å². The number of hydrogen-bond acceptors (Lipinski definition) is 3. The minimum Gasteiger partial charge on any atom is -0.485 e. The number of aromatic nitrogens is 3. The van der Waals surface area contributed by atoms with Crippen molar-refractivity contribution < 1.29 is 4.74 Å². The van der Waals surface area contributed by atoms with E-state index in [0.717, 1.165) is 29.2 Å². The van der Waals surface area contributed by atoms with Gasteiger partial charge in [-0.3, -0.25) is 0 Å².